The number of nitrogens with zero attached hydrogens (tertiary/aromatic N) is 1. The van der Waals surface area contributed by atoms with Crippen LogP contribution in [0.3, 0.4) is 0 Å². The van der Waals surface area contributed by atoms with Crippen LogP contribution in [0.4, 0.5) is 5.69 Å². The largest absolute Gasteiger partial charge is 0.371 e. The van der Waals surface area contributed by atoms with Crippen LogP contribution in [-0.4, -0.2) is 26.7 Å². The molecule has 1 N–H and O–H groups in total. The maximum atomic E-state index is 3.22. The first kappa shape index (κ1) is 13.0. The van der Waals surface area contributed by atoms with Gasteiger partial charge in [0.2, 0.25) is 0 Å². The first-order valence-electron chi connectivity index (χ1n) is 7.88. The van der Waals surface area contributed by atoms with E-state index < -0.39 is 0 Å². The maximum Gasteiger partial charge on any atom is 0.0399 e. The Balaban J connectivity index is 1.62. The summed E-state index contributed by atoms with van der Waals surface area (Å²) in [4.78, 5) is 2.62. The van der Waals surface area contributed by atoms with Crippen LogP contribution in [0.15, 0.2) is 18.2 Å². The molecule has 104 valence electrons. The van der Waals surface area contributed by atoms with Crippen molar-refractivity contribution in [1.29, 1.82) is 0 Å². The highest BCUT2D eigenvalue weighted by Gasteiger charge is 2.25. The van der Waals surface area contributed by atoms with Gasteiger partial charge in [-0.25, -0.2) is 0 Å². The molecule has 0 amide bonds. The quantitative estimate of drug-likeness (QED) is 0.789. The van der Waals surface area contributed by atoms with E-state index in [1.165, 1.54) is 62.9 Å². The van der Waals surface area contributed by atoms with E-state index in [4.69, 9.17) is 0 Å². The third kappa shape index (κ3) is 2.94. The Labute approximate surface area is 117 Å². The molecule has 0 atom stereocenters. The average molecular weight is 258 g/mol. The van der Waals surface area contributed by atoms with E-state index >= 15 is 0 Å². The molecule has 19 heavy (non-hydrogen) atoms. The van der Waals surface area contributed by atoms with Gasteiger partial charge in [-0.1, -0.05) is 18.6 Å². The smallest absolute Gasteiger partial charge is 0.0399 e. The van der Waals surface area contributed by atoms with Gasteiger partial charge < -0.3 is 10.2 Å². The molecule has 1 aliphatic heterocycles. The number of benzene rings is 1. The van der Waals surface area contributed by atoms with Crippen molar-refractivity contribution in [3.63, 3.8) is 0 Å². The molecule has 0 unspecified atom stereocenters. The van der Waals surface area contributed by atoms with Gasteiger partial charge >= 0.3 is 0 Å². The Bertz CT molecular complexity index is 423. The summed E-state index contributed by atoms with van der Waals surface area (Å²) in [6.45, 7) is 3.66. The van der Waals surface area contributed by atoms with Crippen LogP contribution in [0.2, 0.25) is 0 Å². The molecule has 2 nitrogen and oxygen atoms in total. The maximum absolute atomic E-state index is 3.22. The highest BCUT2D eigenvalue weighted by molar-refractivity contribution is 5.59. The fourth-order valence-corrected chi connectivity index (χ4v) is 3.32. The van der Waals surface area contributed by atoms with E-state index in [-0.39, 0.29) is 0 Å². The molecule has 1 aromatic carbocycles. The molecule has 0 spiro atoms. The van der Waals surface area contributed by atoms with Crippen LogP contribution in [0.25, 0.3) is 0 Å². The van der Waals surface area contributed by atoms with Gasteiger partial charge in [0.15, 0.2) is 0 Å². The van der Waals surface area contributed by atoms with Gasteiger partial charge in [-0.3, -0.25) is 0 Å². The highest BCUT2D eigenvalue weighted by Crippen LogP contribution is 2.34. The average Bonchev–Trinajstić information content (AvgIpc) is 2.77. The van der Waals surface area contributed by atoms with Crippen molar-refractivity contribution in [3.05, 3.63) is 29.3 Å². The van der Waals surface area contributed by atoms with E-state index in [1.54, 1.807) is 5.56 Å². The van der Waals surface area contributed by atoms with Crippen molar-refractivity contribution in [2.75, 3.05) is 31.6 Å². The Morgan fingerprint density at radius 3 is 2.95 bits per heavy atom. The molecule has 1 aromatic rings. The van der Waals surface area contributed by atoms with E-state index in [0.717, 1.165) is 12.5 Å². The van der Waals surface area contributed by atoms with Crippen molar-refractivity contribution in [1.82, 2.24) is 5.32 Å². The van der Waals surface area contributed by atoms with Gasteiger partial charge in [0.05, 0.1) is 0 Å². The number of aryl methyl sites for hydroxylation is 1. The van der Waals surface area contributed by atoms with Gasteiger partial charge in [-0.2, -0.15) is 0 Å². The molecule has 1 heterocycles. The summed E-state index contributed by atoms with van der Waals surface area (Å²) in [6.07, 6.45) is 8.05. The lowest BCUT2D eigenvalue weighted by molar-refractivity contribution is 0.319. The zero-order valence-corrected chi connectivity index (χ0v) is 12.1. The molecule has 0 bridgehead atoms. The molecule has 0 saturated heterocycles. The van der Waals surface area contributed by atoms with Crippen LogP contribution in [0.5, 0.6) is 0 Å². The van der Waals surface area contributed by atoms with E-state index in [9.17, 15) is 0 Å². The van der Waals surface area contributed by atoms with Crippen molar-refractivity contribution < 1.29 is 0 Å². The normalized spacial score (nSPS) is 18.5. The third-order valence-corrected chi connectivity index (χ3v) is 4.73. The number of nitrogens with one attached hydrogen (secondary N) is 1. The number of hydrogen-bond acceptors (Lipinski definition) is 2. The predicted molar refractivity (Wildman–Crippen MR) is 81.9 cm³/mol. The Hall–Kier alpha value is -1.02. The Morgan fingerprint density at radius 2 is 2.21 bits per heavy atom. The second kappa shape index (κ2) is 5.96. The van der Waals surface area contributed by atoms with Crippen LogP contribution in [0.1, 0.15) is 36.8 Å². The molecule has 3 rings (SSSR count). The van der Waals surface area contributed by atoms with E-state index in [0.29, 0.717) is 0 Å². The molecule has 1 saturated carbocycles. The number of fused-ring (bicyclic) bond motifs is 1. The standard InChI is InChI=1S/C17H26N2/c1-18-10-3-6-14-7-8-17-16(12-14)9-11-19(17)13-15-4-2-5-15/h7-8,12,15,18H,2-6,9-11,13H2,1H3. The van der Waals surface area contributed by atoms with Crippen LogP contribution in [0, 0.1) is 5.92 Å². The summed E-state index contributed by atoms with van der Waals surface area (Å²) in [6, 6.07) is 7.16. The zero-order chi connectivity index (χ0) is 13.1. The van der Waals surface area contributed by atoms with Crippen molar-refractivity contribution >= 4 is 5.69 Å². The first-order valence-corrected chi connectivity index (χ1v) is 7.88. The molecule has 1 fully saturated rings. The third-order valence-electron chi connectivity index (χ3n) is 4.73. The van der Waals surface area contributed by atoms with Gasteiger partial charge in [0, 0.05) is 18.8 Å². The van der Waals surface area contributed by atoms with Crippen molar-refractivity contribution in [2.45, 2.75) is 38.5 Å². The number of hydrogen-bond donors (Lipinski definition) is 1. The molecule has 2 heteroatoms. The summed E-state index contributed by atoms with van der Waals surface area (Å²) in [7, 11) is 2.03. The highest BCUT2D eigenvalue weighted by atomic mass is 15.1. The SMILES string of the molecule is CNCCCc1ccc2c(c1)CCN2CC1CCC1. The fourth-order valence-electron chi connectivity index (χ4n) is 3.32. The molecule has 0 aromatic heterocycles. The lowest BCUT2D eigenvalue weighted by atomic mass is 9.85. The Kier molecular flexibility index (Phi) is 4.07. The second-order valence-electron chi connectivity index (χ2n) is 6.16. The summed E-state index contributed by atoms with van der Waals surface area (Å²) >= 11 is 0. The topological polar surface area (TPSA) is 15.3 Å². The van der Waals surface area contributed by atoms with Crippen LogP contribution >= 0.6 is 0 Å². The molecular weight excluding hydrogens is 232 g/mol. The first-order chi connectivity index (χ1) is 9.36. The van der Waals surface area contributed by atoms with E-state index in [2.05, 4.69) is 28.4 Å². The Morgan fingerprint density at radius 1 is 1.32 bits per heavy atom. The van der Waals surface area contributed by atoms with Gasteiger partial charge in [-0.05, 0) is 68.8 Å². The van der Waals surface area contributed by atoms with Gasteiger partial charge in [0.1, 0.15) is 0 Å². The van der Waals surface area contributed by atoms with Crippen molar-refractivity contribution in [3.8, 4) is 0 Å². The van der Waals surface area contributed by atoms with Gasteiger partial charge in [-0.15, -0.1) is 0 Å². The number of rotatable bonds is 6. The van der Waals surface area contributed by atoms with Gasteiger partial charge in [0.25, 0.3) is 0 Å². The van der Waals surface area contributed by atoms with E-state index in [1.807, 2.05) is 7.05 Å². The minimum Gasteiger partial charge on any atom is -0.371 e. The minimum absolute atomic E-state index is 0.973. The predicted octanol–water partition coefficient (Wildman–Crippen LogP) is 3.00. The molecular formula is C17H26N2. The second-order valence-corrected chi connectivity index (χ2v) is 6.16. The summed E-state index contributed by atoms with van der Waals surface area (Å²) < 4.78 is 0. The lowest BCUT2D eigenvalue weighted by Gasteiger charge is -2.31. The monoisotopic (exact) mass is 258 g/mol. The molecule has 0 radical (unpaired) electrons. The van der Waals surface area contributed by atoms with Crippen LogP contribution < -0.4 is 10.2 Å². The molecule has 1 aliphatic carbocycles. The summed E-state index contributed by atoms with van der Waals surface area (Å²) in [5.74, 6) is 0.973. The van der Waals surface area contributed by atoms with Crippen molar-refractivity contribution in [2.24, 2.45) is 5.92 Å². The molecule has 2 aliphatic rings. The fraction of sp³-hybridized carbons (Fsp3) is 0.647. The lowest BCUT2D eigenvalue weighted by Crippen LogP contribution is -2.31. The van der Waals surface area contributed by atoms with Crippen LogP contribution in [-0.2, 0) is 12.8 Å². The summed E-state index contributed by atoms with van der Waals surface area (Å²) in [5.41, 5.74) is 4.62. The minimum atomic E-state index is 0.973. The summed E-state index contributed by atoms with van der Waals surface area (Å²) in [5, 5.41) is 3.22. The number of anilines is 1. The zero-order valence-electron chi connectivity index (χ0n) is 12.1.